The zero-order chi connectivity index (χ0) is 20.8. The van der Waals surface area contributed by atoms with E-state index in [-0.39, 0.29) is 5.91 Å². The summed E-state index contributed by atoms with van der Waals surface area (Å²) in [6.07, 6.45) is 10.8. The van der Waals surface area contributed by atoms with Gasteiger partial charge >= 0.3 is 0 Å². The van der Waals surface area contributed by atoms with Crippen LogP contribution in [0.15, 0.2) is 36.5 Å². The van der Waals surface area contributed by atoms with E-state index in [1.165, 1.54) is 44.9 Å². The molecule has 1 saturated heterocycles. The van der Waals surface area contributed by atoms with Crippen LogP contribution in [-0.4, -0.2) is 60.0 Å². The molecule has 4 rings (SSSR count). The minimum atomic E-state index is -0.0148. The Balaban J connectivity index is 1.30. The lowest BCUT2D eigenvalue weighted by atomic mass is 9.94. The summed E-state index contributed by atoms with van der Waals surface area (Å²) in [6.45, 7) is 3.63. The number of aromatic nitrogens is 2. The molecule has 2 heterocycles. The Bertz CT molecular complexity index is 826. The van der Waals surface area contributed by atoms with Crippen molar-refractivity contribution in [1.29, 1.82) is 0 Å². The fourth-order valence-electron chi connectivity index (χ4n) is 4.52. The Morgan fingerprint density at radius 2 is 1.80 bits per heavy atom. The normalized spacial score (nSPS) is 17.5. The van der Waals surface area contributed by atoms with E-state index in [2.05, 4.69) is 27.1 Å². The Hall–Kier alpha value is -2.47. The number of likely N-dealkylation sites (N-methyl/N-ethyl adjacent to an activating group) is 1. The van der Waals surface area contributed by atoms with Gasteiger partial charge in [0.1, 0.15) is 0 Å². The summed E-state index contributed by atoms with van der Waals surface area (Å²) in [6, 6.07) is 10.3. The van der Waals surface area contributed by atoms with Crippen LogP contribution in [0.3, 0.4) is 0 Å². The number of benzene rings is 1. The number of rotatable bonds is 7. The number of carbonyl (C=O) groups excluding carboxylic acids is 1. The number of carbonyl (C=O) groups is 1. The van der Waals surface area contributed by atoms with E-state index in [0.29, 0.717) is 18.2 Å². The predicted molar refractivity (Wildman–Crippen MR) is 121 cm³/mol. The van der Waals surface area contributed by atoms with E-state index in [1.54, 1.807) is 0 Å². The number of nitrogens with one attached hydrogen (secondary N) is 1. The third kappa shape index (κ3) is 5.17. The fourth-order valence-corrected chi connectivity index (χ4v) is 4.52. The molecular formula is C24H33N5O. The first-order chi connectivity index (χ1) is 14.7. The molecule has 6 heteroatoms. The summed E-state index contributed by atoms with van der Waals surface area (Å²) >= 11 is 0. The molecule has 1 N–H and O–H groups in total. The van der Waals surface area contributed by atoms with Crippen LogP contribution < -0.4 is 10.2 Å². The Kier molecular flexibility index (Phi) is 6.95. The maximum absolute atomic E-state index is 12.5. The molecule has 1 amide bonds. The second-order valence-corrected chi connectivity index (χ2v) is 8.54. The van der Waals surface area contributed by atoms with Crippen molar-refractivity contribution < 1.29 is 4.79 Å². The summed E-state index contributed by atoms with van der Waals surface area (Å²) in [5.74, 6) is 0.785. The minimum Gasteiger partial charge on any atom is -0.351 e. The van der Waals surface area contributed by atoms with Gasteiger partial charge < -0.3 is 15.1 Å². The smallest absolute Gasteiger partial charge is 0.251 e. The van der Waals surface area contributed by atoms with E-state index >= 15 is 0 Å². The Labute approximate surface area is 179 Å². The van der Waals surface area contributed by atoms with Crippen LogP contribution in [-0.2, 0) is 0 Å². The van der Waals surface area contributed by atoms with E-state index in [1.807, 2.05) is 36.5 Å². The third-order valence-electron chi connectivity index (χ3n) is 6.42. The number of hydrogen-bond acceptors (Lipinski definition) is 5. The lowest BCUT2D eigenvalue weighted by Gasteiger charge is -2.31. The molecule has 30 heavy (non-hydrogen) atoms. The number of nitrogens with zero attached hydrogens (tertiary/aromatic N) is 4. The Morgan fingerprint density at radius 1 is 1.07 bits per heavy atom. The average Bonchev–Trinajstić information content (AvgIpc) is 3.35. The molecule has 0 bridgehead atoms. The molecule has 2 aliphatic rings. The monoisotopic (exact) mass is 407 g/mol. The van der Waals surface area contributed by atoms with Gasteiger partial charge in [-0.2, -0.15) is 0 Å². The van der Waals surface area contributed by atoms with Crippen LogP contribution in [0.2, 0.25) is 0 Å². The maximum Gasteiger partial charge on any atom is 0.251 e. The van der Waals surface area contributed by atoms with Gasteiger partial charge in [-0.25, -0.2) is 9.97 Å². The molecule has 1 aromatic heterocycles. The fraction of sp³-hybridized carbons (Fsp3) is 0.542. The van der Waals surface area contributed by atoms with Gasteiger partial charge in [0.25, 0.3) is 5.91 Å². The van der Waals surface area contributed by atoms with Gasteiger partial charge in [-0.1, -0.05) is 31.4 Å². The van der Waals surface area contributed by atoms with Gasteiger partial charge in [-0.15, -0.1) is 0 Å². The van der Waals surface area contributed by atoms with Gasteiger partial charge in [0.2, 0.25) is 5.95 Å². The highest BCUT2D eigenvalue weighted by Crippen LogP contribution is 2.22. The summed E-state index contributed by atoms with van der Waals surface area (Å²) in [4.78, 5) is 26.3. The molecule has 2 fully saturated rings. The summed E-state index contributed by atoms with van der Waals surface area (Å²) in [5.41, 5.74) is 2.59. The molecule has 6 nitrogen and oxygen atoms in total. The molecule has 1 aliphatic heterocycles. The van der Waals surface area contributed by atoms with Gasteiger partial charge in [0.15, 0.2) is 0 Å². The molecule has 0 radical (unpaired) electrons. The third-order valence-corrected chi connectivity index (χ3v) is 6.42. The number of anilines is 1. The van der Waals surface area contributed by atoms with Crippen LogP contribution in [0.4, 0.5) is 5.95 Å². The van der Waals surface area contributed by atoms with Crippen molar-refractivity contribution in [3.63, 3.8) is 0 Å². The van der Waals surface area contributed by atoms with Gasteiger partial charge in [-0.05, 0) is 50.9 Å². The number of amides is 1. The standard InChI is InChI=1S/C24H33N5O/c1-28(21-7-3-2-4-8-21)18-15-25-23(30)20-11-9-19(10-12-20)22-13-14-26-24(27-22)29-16-5-6-17-29/h9-14,21H,2-8,15-18H2,1H3,(H,25,30). The van der Waals surface area contributed by atoms with Crippen LogP contribution >= 0.6 is 0 Å². The minimum absolute atomic E-state index is 0.0148. The molecule has 160 valence electrons. The van der Waals surface area contributed by atoms with Crippen LogP contribution in [0, 0.1) is 0 Å². The zero-order valence-corrected chi connectivity index (χ0v) is 18.0. The second-order valence-electron chi connectivity index (χ2n) is 8.54. The first-order valence-corrected chi connectivity index (χ1v) is 11.4. The van der Waals surface area contributed by atoms with Crippen LogP contribution in [0.25, 0.3) is 11.3 Å². The van der Waals surface area contributed by atoms with Crippen molar-refractivity contribution in [2.24, 2.45) is 0 Å². The quantitative estimate of drug-likeness (QED) is 0.758. The van der Waals surface area contributed by atoms with Crippen molar-refractivity contribution in [3.8, 4) is 11.3 Å². The number of hydrogen-bond donors (Lipinski definition) is 1. The van der Waals surface area contributed by atoms with Crippen molar-refractivity contribution in [2.45, 2.75) is 51.0 Å². The van der Waals surface area contributed by atoms with Crippen molar-refractivity contribution in [2.75, 3.05) is 38.1 Å². The molecule has 2 aromatic rings. The molecule has 0 unspecified atom stereocenters. The lowest BCUT2D eigenvalue weighted by Crippen LogP contribution is -2.39. The van der Waals surface area contributed by atoms with Gasteiger partial charge in [0.05, 0.1) is 5.69 Å². The highest BCUT2D eigenvalue weighted by Gasteiger charge is 2.18. The maximum atomic E-state index is 12.5. The molecule has 0 atom stereocenters. The van der Waals surface area contributed by atoms with E-state index < -0.39 is 0 Å². The van der Waals surface area contributed by atoms with E-state index in [9.17, 15) is 4.79 Å². The summed E-state index contributed by atoms with van der Waals surface area (Å²) in [5, 5.41) is 3.06. The summed E-state index contributed by atoms with van der Waals surface area (Å²) < 4.78 is 0. The first-order valence-electron chi connectivity index (χ1n) is 11.4. The van der Waals surface area contributed by atoms with Gasteiger partial charge in [0, 0.05) is 49.5 Å². The Morgan fingerprint density at radius 3 is 2.53 bits per heavy atom. The first kappa shape index (κ1) is 20.8. The summed E-state index contributed by atoms with van der Waals surface area (Å²) in [7, 11) is 2.18. The van der Waals surface area contributed by atoms with E-state index in [4.69, 9.17) is 4.98 Å². The van der Waals surface area contributed by atoms with Crippen molar-refractivity contribution in [3.05, 3.63) is 42.1 Å². The van der Waals surface area contributed by atoms with Crippen LogP contribution in [0.5, 0.6) is 0 Å². The highest BCUT2D eigenvalue weighted by molar-refractivity contribution is 5.94. The molecule has 1 aromatic carbocycles. The van der Waals surface area contributed by atoms with Gasteiger partial charge in [-0.3, -0.25) is 4.79 Å². The topological polar surface area (TPSA) is 61.4 Å². The SMILES string of the molecule is CN(CCNC(=O)c1ccc(-c2ccnc(N3CCCC3)n2)cc1)C1CCCCC1. The molecule has 1 saturated carbocycles. The molecule has 0 spiro atoms. The second kappa shape index (κ2) is 10.0. The molecular weight excluding hydrogens is 374 g/mol. The van der Waals surface area contributed by atoms with Crippen LogP contribution in [0.1, 0.15) is 55.3 Å². The van der Waals surface area contributed by atoms with E-state index in [0.717, 1.165) is 36.8 Å². The van der Waals surface area contributed by atoms with Crippen molar-refractivity contribution >= 4 is 11.9 Å². The van der Waals surface area contributed by atoms with Crippen molar-refractivity contribution in [1.82, 2.24) is 20.2 Å². The highest BCUT2D eigenvalue weighted by atomic mass is 16.1. The largest absolute Gasteiger partial charge is 0.351 e. The zero-order valence-electron chi connectivity index (χ0n) is 18.0. The lowest BCUT2D eigenvalue weighted by molar-refractivity contribution is 0.0944. The predicted octanol–water partition coefficient (Wildman–Crippen LogP) is 3.74. The average molecular weight is 408 g/mol. The molecule has 1 aliphatic carbocycles.